The van der Waals surface area contributed by atoms with Crippen molar-refractivity contribution in [1.29, 1.82) is 0 Å². The zero-order valence-corrected chi connectivity index (χ0v) is 15.8. The van der Waals surface area contributed by atoms with Gasteiger partial charge in [0, 0.05) is 24.3 Å². The molecule has 1 heterocycles. The SMILES string of the molecule is CC(=O)c1c[nH]c(C(=O)NCc2ccc(CS(=O)(=O)NC(C)C)cc2)c1. The van der Waals surface area contributed by atoms with Crippen molar-refractivity contribution >= 4 is 21.7 Å². The van der Waals surface area contributed by atoms with Crippen molar-refractivity contribution in [3.8, 4) is 0 Å². The highest BCUT2D eigenvalue weighted by Crippen LogP contribution is 2.09. The zero-order chi connectivity index (χ0) is 19.3. The van der Waals surface area contributed by atoms with Crippen LogP contribution in [-0.4, -0.2) is 31.1 Å². The highest BCUT2D eigenvalue weighted by atomic mass is 32.2. The van der Waals surface area contributed by atoms with Crippen LogP contribution >= 0.6 is 0 Å². The molecular weight excluding hydrogens is 354 g/mol. The van der Waals surface area contributed by atoms with Gasteiger partial charge < -0.3 is 10.3 Å². The fourth-order valence-corrected chi connectivity index (χ4v) is 3.81. The first-order chi connectivity index (χ1) is 12.2. The molecule has 0 spiro atoms. The standard InChI is InChI=1S/C18H23N3O4S/c1-12(2)21-26(24,25)11-15-6-4-14(5-7-15)9-20-18(23)17-8-16(10-19-17)13(3)22/h4-8,10,12,19,21H,9,11H2,1-3H3,(H,20,23). The van der Waals surface area contributed by atoms with Gasteiger partial charge in [0.2, 0.25) is 10.0 Å². The summed E-state index contributed by atoms with van der Waals surface area (Å²) in [6, 6.07) is 8.36. The Morgan fingerprint density at radius 1 is 1.12 bits per heavy atom. The lowest BCUT2D eigenvalue weighted by Crippen LogP contribution is -2.31. The normalized spacial score (nSPS) is 11.5. The molecule has 0 fully saturated rings. The Balaban J connectivity index is 1.92. The van der Waals surface area contributed by atoms with Crippen LogP contribution in [0.4, 0.5) is 0 Å². The maximum atomic E-state index is 12.1. The van der Waals surface area contributed by atoms with Crippen molar-refractivity contribution in [3.63, 3.8) is 0 Å². The van der Waals surface area contributed by atoms with Crippen LogP contribution < -0.4 is 10.0 Å². The summed E-state index contributed by atoms with van der Waals surface area (Å²) in [4.78, 5) is 26.1. The van der Waals surface area contributed by atoms with Crippen molar-refractivity contribution in [1.82, 2.24) is 15.0 Å². The minimum absolute atomic E-state index is 0.0892. The Kier molecular flexibility index (Phi) is 6.33. The molecule has 140 valence electrons. The quantitative estimate of drug-likeness (QED) is 0.611. The molecule has 8 heteroatoms. The molecule has 0 aliphatic rings. The van der Waals surface area contributed by atoms with Crippen LogP contribution in [0.15, 0.2) is 36.5 Å². The number of hydrogen-bond donors (Lipinski definition) is 3. The van der Waals surface area contributed by atoms with E-state index in [4.69, 9.17) is 0 Å². The first-order valence-corrected chi connectivity index (χ1v) is 9.87. The average Bonchev–Trinajstić information content (AvgIpc) is 3.02. The fraction of sp³-hybridized carbons (Fsp3) is 0.333. The van der Waals surface area contributed by atoms with E-state index in [9.17, 15) is 18.0 Å². The number of carbonyl (C=O) groups excluding carboxylic acids is 2. The number of aromatic amines is 1. The Bertz CT molecular complexity index is 883. The van der Waals surface area contributed by atoms with Gasteiger partial charge in [-0.05, 0) is 38.0 Å². The third-order valence-corrected chi connectivity index (χ3v) is 5.13. The van der Waals surface area contributed by atoms with Gasteiger partial charge in [0.05, 0.1) is 5.75 Å². The molecular formula is C18H23N3O4S. The Hall–Kier alpha value is -2.45. The summed E-state index contributed by atoms with van der Waals surface area (Å²) < 4.78 is 26.4. The summed E-state index contributed by atoms with van der Waals surface area (Å²) in [5.74, 6) is -0.517. The van der Waals surface area contributed by atoms with Crippen LogP contribution in [0.25, 0.3) is 0 Å². The molecule has 1 aromatic carbocycles. The van der Waals surface area contributed by atoms with Crippen LogP contribution in [0.1, 0.15) is 52.7 Å². The molecule has 1 amide bonds. The van der Waals surface area contributed by atoms with Crippen LogP contribution in [0, 0.1) is 0 Å². The minimum Gasteiger partial charge on any atom is -0.356 e. The highest BCUT2D eigenvalue weighted by molar-refractivity contribution is 7.88. The number of carbonyl (C=O) groups is 2. The Morgan fingerprint density at radius 2 is 1.73 bits per heavy atom. The number of sulfonamides is 1. The number of amides is 1. The van der Waals surface area contributed by atoms with Crippen molar-refractivity contribution < 1.29 is 18.0 Å². The van der Waals surface area contributed by atoms with E-state index in [1.54, 1.807) is 38.1 Å². The topological polar surface area (TPSA) is 108 Å². The minimum atomic E-state index is -3.36. The molecule has 1 aromatic heterocycles. The second-order valence-electron chi connectivity index (χ2n) is 6.39. The fourth-order valence-electron chi connectivity index (χ4n) is 2.38. The van der Waals surface area contributed by atoms with Gasteiger partial charge >= 0.3 is 0 Å². The van der Waals surface area contributed by atoms with E-state index in [0.717, 1.165) is 5.56 Å². The predicted octanol–water partition coefficient (Wildman–Crippen LogP) is 1.98. The van der Waals surface area contributed by atoms with Gasteiger partial charge in [0.1, 0.15) is 5.69 Å². The second-order valence-corrected chi connectivity index (χ2v) is 8.14. The maximum Gasteiger partial charge on any atom is 0.267 e. The lowest BCUT2D eigenvalue weighted by molar-refractivity contribution is 0.0946. The molecule has 2 aromatic rings. The first kappa shape index (κ1) is 19.9. The van der Waals surface area contributed by atoms with Crippen LogP contribution in [0.5, 0.6) is 0 Å². The highest BCUT2D eigenvalue weighted by Gasteiger charge is 2.13. The summed E-state index contributed by atoms with van der Waals surface area (Å²) >= 11 is 0. The molecule has 0 saturated heterocycles. The van der Waals surface area contributed by atoms with Crippen LogP contribution in [0.2, 0.25) is 0 Å². The number of benzene rings is 1. The lowest BCUT2D eigenvalue weighted by Gasteiger charge is -2.10. The van der Waals surface area contributed by atoms with Crippen molar-refractivity contribution in [2.75, 3.05) is 0 Å². The molecule has 0 bridgehead atoms. The average molecular weight is 377 g/mol. The van der Waals surface area contributed by atoms with Gasteiger partial charge in [0.25, 0.3) is 5.91 Å². The van der Waals surface area contributed by atoms with Gasteiger partial charge in [-0.3, -0.25) is 9.59 Å². The van der Waals surface area contributed by atoms with Gasteiger partial charge in [-0.25, -0.2) is 13.1 Å². The molecule has 0 aliphatic carbocycles. The van der Waals surface area contributed by atoms with E-state index in [0.29, 0.717) is 23.4 Å². The molecule has 26 heavy (non-hydrogen) atoms. The molecule has 0 aliphatic heterocycles. The zero-order valence-electron chi connectivity index (χ0n) is 15.0. The summed E-state index contributed by atoms with van der Waals surface area (Å²) in [6.07, 6.45) is 1.50. The predicted molar refractivity (Wildman–Crippen MR) is 99.3 cm³/mol. The summed E-state index contributed by atoms with van der Waals surface area (Å²) in [5.41, 5.74) is 2.28. The number of hydrogen-bond acceptors (Lipinski definition) is 4. The monoisotopic (exact) mass is 377 g/mol. The van der Waals surface area contributed by atoms with E-state index in [1.807, 2.05) is 0 Å². The molecule has 0 radical (unpaired) electrons. The van der Waals surface area contributed by atoms with Crippen LogP contribution in [-0.2, 0) is 22.3 Å². The van der Waals surface area contributed by atoms with Crippen molar-refractivity contribution in [2.24, 2.45) is 0 Å². The van der Waals surface area contributed by atoms with E-state index in [1.165, 1.54) is 19.2 Å². The van der Waals surface area contributed by atoms with E-state index >= 15 is 0 Å². The molecule has 2 rings (SSSR count). The number of H-pyrrole nitrogens is 1. The van der Waals surface area contributed by atoms with E-state index in [-0.39, 0.29) is 23.5 Å². The lowest BCUT2D eigenvalue weighted by atomic mass is 10.1. The van der Waals surface area contributed by atoms with E-state index < -0.39 is 10.0 Å². The molecule has 7 nitrogen and oxygen atoms in total. The number of nitrogens with one attached hydrogen (secondary N) is 3. The number of ketones is 1. The summed E-state index contributed by atoms with van der Waals surface area (Å²) in [6.45, 7) is 5.27. The third-order valence-electron chi connectivity index (χ3n) is 3.58. The van der Waals surface area contributed by atoms with Gasteiger partial charge in [-0.2, -0.15) is 0 Å². The van der Waals surface area contributed by atoms with Crippen LogP contribution in [0.3, 0.4) is 0 Å². The van der Waals surface area contributed by atoms with Crippen molar-refractivity contribution in [3.05, 3.63) is 58.9 Å². The van der Waals surface area contributed by atoms with Gasteiger partial charge in [0.15, 0.2) is 5.78 Å². The summed E-state index contributed by atoms with van der Waals surface area (Å²) in [5, 5.41) is 2.75. The molecule has 0 saturated carbocycles. The second kappa shape index (κ2) is 8.29. The Labute approximate surface area is 153 Å². The number of Topliss-reactive ketones (excluding diaryl/α,β-unsaturated/α-hetero) is 1. The molecule has 3 N–H and O–H groups in total. The van der Waals surface area contributed by atoms with Gasteiger partial charge in [-0.1, -0.05) is 24.3 Å². The number of aromatic nitrogens is 1. The first-order valence-electron chi connectivity index (χ1n) is 8.21. The maximum absolute atomic E-state index is 12.1. The Morgan fingerprint density at radius 3 is 2.27 bits per heavy atom. The third kappa shape index (κ3) is 5.82. The van der Waals surface area contributed by atoms with Gasteiger partial charge in [-0.15, -0.1) is 0 Å². The smallest absolute Gasteiger partial charge is 0.267 e. The molecule has 0 atom stereocenters. The largest absolute Gasteiger partial charge is 0.356 e. The van der Waals surface area contributed by atoms with Crippen molar-refractivity contribution in [2.45, 2.75) is 39.1 Å². The van der Waals surface area contributed by atoms with E-state index in [2.05, 4.69) is 15.0 Å². The number of rotatable bonds is 8. The summed E-state index contributed by atoms with van der Waals surface area (Å²) in [7, 11) is -3.36. The molecule has 0 unspecified atom stereocenters.